The van der Waals surface area contributed by atoms with Crippen molar-refractivity contribution in [2.45, 2.75) is 44.6 Å². The number of benzene rings is 1. The van der Waals surface area contributed by atoms with Crippen LogP contribution in [0.1, 0.15) is 32.8 Å². The molecule has 2 N–H and O–H groups in total. The van der Waals surface area contributed by atoms with Crippen LogP contribution in [0.15, 0.2) is 29.2 Å². The Morgan fingerprint density at radius 2 is 1.80 bits per heavy atom. The summed E-state index contributed by atoms with van der Waals surface area (Å²) in [5.41, 5.74) is 1.06. The zero-order valence-electron chi connectivity index (χ0n) is 12.0. The number of rotatable bonds is 7. The molecule has 0 aliphatic rings. The highest BCUT2D eigenvalue weighted by atomic mass is 32.2. The summed E-state index contributed by atoms with van der Waals surface area (Å²) in [6, 6.07) is 5.39. The maximum atomic E-state index is 12.1. The molecule has 1 rings (SSSR count). The van der Waals surface area contributed by atoms with Gasteiger partial charge in [-0.1, -0.05) is 39.3 Å². The lowest BCUT2D eigenvalue weighted by molar-refractivity contribution is -0.140. The number of hydrogen-bond donors (Lipinski definition) is 2. The average molecular weight is 299 g/mol. The molecule has 1 atom stereocenters. The zero-order chi connectivity index (χ0) is 15.3. The first-order valence-corrected chi connectivity index (χ1v) is 8.10. The molecule has 0 saturated heterocycles. The number of aliphatic carboxylic acids is 1. The summed E-state index contributed by atoms with van der Waals surface area (Å²) in [5, 5.41) is 9.04. The highest BCUT2D eigenvalue weighted by Gasteiger charge is 2.27. The Labute approximate surface area is 120 Å². The van der Waals surface area contributed by atoms with Gasteiger partial charge in [0.15, 0.2) is 0 Å². The first-order chi connectivity index (χ1) is 9.27. The van der Waals surface area contributed by atoms with Gasteiger partial charge in [-0.3, -0.25) is 4.79 Å². The first kappa shape index (κ1) is 16.7. The summed E-state index contributed by atoms with van der Waals surface area (Å²) < 4.78 is 26.5. The van der Waals surface area contributed by atoms with Crippen molar-refractivity contribution < 1.29 is 18.3 Å². The van der Waals surface area contributed by atoms with Gasteiger partial charge in [-0.15, -0.1) is 0 Å². The number of sulfonamides is 1. The maximum absolute atomic E-state index is 12.1. The van der Waals surface area contributed by atoms with Gasteiger partial charge in [-0.2, -0.15) is 4.72 Å². The lowest BCUT2D eigenvalue weighted by atomic mass is 10.1. The summed E-state index contributed by atoms with van der Waals surface area (Å²) in [6.07, 6.45) is 1.87. The van der Waals surface area contributed by atoms with E-state index in [4.69, 9.17) is 5.11 Å². The van der Waals surface area contributed by atoms with Crippen molar-refractivity contribution in [3.05, 3.63) is 29.8 Å². The van der Waals surface area contributed by atoms with Crippen LogP contribution in [-0.4, -0.2) is 25.5 Å². The average Bonchev–Trinajstić information content (AvgIpc) is 2.36. The lowest BCUT2D eigenvalue weighted by Crippen LogP contribution is -2.44. The molecule has 0 fully saturated rings. The molecule has 20 heavy (non-hydrogen) atoms. The van der Waals surface area contributed by atoms with Gasteiger partial charge in [0.1, 0.15) is 6.04 Å². The van der Waals surface area contributed by atoms with Gasteiger partial charge in [0, 0.05) is 0 Å². The van der Waals surface area contributed by atoms with Gasteiger partial charge in [0.05, 0.1) is 4.90 Å². The highest BCUT2D eigenvalue weighted by Crippen LogP contribution is 2.14. The number of carboxylic acid groups (broad SMARTS) is 1. The monoisotopic (exact) mass is 299 g/mol. The largest absolute Gasteiger partial charge is 0.480 e. The molecule has 0 saturated carbocycles. The molecule has 5 nitrogen and oxygen atoms in total. The van der Waals surface area contributed by atoms with Crippen molar-refractivity contribution >= 4 is 16.0 Å². The van der Waals surface area contributed by atoms with Crippen LogP contribution in [-0.2, 0) is 21.2 Å². The van der Waals surface area contributed by atoms with Crippen LogP contribution >= 0.6 is 0 Å². The van der Waals surface area contributed by atoms with Crippen LogP contribution in [0.5, 0.6) is 0 Å². The molecule has 0 spiro atoms. The van der Waals surface area contributed by atoms with Gasteiger partial charge < -0.3 is 5.11 Å². The highest BCUT2D eigenvalue weighted by molar-refractivity contribution is 7.89. The second-order valence-electron chi connectivity index (χ2n) is 5.08. The number of nitrogens with one attached hydrogen (secondary N) is 1. The predicted octanol–water partition coefficient (Wildman–Crippen LogP) is 2.03. The summed E-state index contributed by atoms with van der Waals surface area (Å²) >= 11 is 0. The van der Waals surface area contributed by atoms with Crippen LogP contribution in [0.25, 0.3) is 0 Å². The van der Waals surface area contributed by atoms with Crippen molar-refractivity contribution in [3.8, 4) is 0 Å². The molecule has 6 heteroatoms. The Morgan fingerprint density at radius 3 is 2.20 bits per heavy atom. The van der Waals surface area contributed by atoms with E-state index in [1.165, 1.54) is 12.1 Å². The topological polar surface area (TPSA) is 83.5 Å². The van der Waals surface area contributed by atoms with Gasteiger partial charge >= 0.3 is 5.97 Å². The summed E-state index contributed by atoms with van der Waals surface area (Å²) in [6.45, 7) is 5.36. The van der Waals surface area contributed by atoms with Crippen molar-refractivity contribution in [1.82, 2.24) is 4.72 Å². The first-order valence-electron chi connectivity index (χ1n) is 6.62. The van der Waals surface area contributed by atoms with E-state index in [0.29, 0.717) is 0 Å². The molecule has 0 amide bonds. The fraction of sp³-hybridized carbons (Fsp3) is 0.500. The Morgan fingerprint density at radius 1 is 1.25 bits per heavy atom. The smallest absolute Gasteiger partial charge is 0.322 e. The van der Waals surface area contributed by atoms with Crippen LogP contribution in [0.4, 0.5) is 0 Å². The van der Waals surface area contributed by atoms with E-state index < -0.39 is 22.0 Å². The van der Waals surface area contributed by atoms with Crippen LogP contribution in [0, 0.1) is 5.92 Å². The molecule has 0 aliphatic heterocycles. The van der Waals surface area contributed by atoms with E-state index in [0.717, 1.165) is 18.4 Å². The Bertz CT molecular complexity index is 549. The molecular weight excluding hydrogens is 278 g/mol. The number of aryl methyl sites for hydroxylation is 1. The molecule has 0 aromatic heterocycles. The van der Waals surface area contributed by atoms with Crippen LogP contribution < -0.4 is 4.72 Å². The van der Waals surface area contributed by atoms with Gasteiger partial charge in [0.2, 0.25) is 10.0 Å². The van der Waals surface area contributed by atoms with E-state index in [-0.39, 0.29) is 10.8 Å². The Hall–Kier alpha value is -1.40. The molecule has 1 aromatic rings. The minimum Gasteiger partial charge on any atom is -0.480 e. The van der Waals surface area contributed by atoms with E-state index in [1.54, 1.807) is 26.0 Å². The lowest BCUT2D eigenvalue weighted by Gasteiger charge is -2.18. The van der Waals surface area contributed by atoms with Crippen molar-refractivity contribution in [3.63, 3.8) is 0 Å². The van der Waals surface area contributed by atoms with Crippen molar-refractivity contribution in [1.29, 1.82) is 0 Å². The summed E-state index contributed by atoms with van der Waals surface area (Å²) in [7, 11) is -3.81. The third-order valence-electron chi connectivity index (χ3n) is 2.99. The van der Waals surface area contributed by atoms with Crippen molar-refractivity contribution in [2.75, 3.05) is 0 Å². The molecular formula is C14H21NO4S. The second-order valence-corrected chi connectivity index (χ2v) is 6.79. The van der Waals surface area contributed by atoms with E-state index in [2.05, 4.69) is 4.72 Å². The normalized spacial score (nSPS) is 13.4. The zero-order valence-corrected chi connectivity index (χ0v) is 12.8. The summed E-state index contributed by atoms with van der Waals surface area (Å²) in [5.74, 6) is -1.51. The van der Waals surface area contributed by atoms with Gasteiger partial charge in [-0.25, -0.2) is 8.42 Å². The van der Waals surface area contributed by atoms with E-state index in [1.807, 2.05) is 6.92 Å². The quantitative estimate of drug-likeness (QED) is 0.807. The minimum atomic E-state index is -3.81. The molecule has 0 aliphatic carbocycles. The standard InChI is InChI=1S/C14H21NO4S/c1-4-5-11-6-8-12(9-7-11)20(18,19)15-13(10(2)3)14(16)17/h6-10,13,15H,4-5H2,1-3H3,(H,16,17)/t13-/m0/s1. The molecule has 0 bridgehead atoms. The number of hydrogen-bond acceptors (Lipinski definition) is 3. The van der Waals surface area contributed by atoms with Crippen LogP contribution in [0.2, 0.25) is 0 Å². The molecule has 1 aromatic carbocycles. The minimum absolute atomic E-state index is 0.0873. The molecule has 0 radical (unpaired) electrons. The van der Waals surface area contributed by atoms with E-state index in [9.17, 15) is 13.2 Å². The van der Waals surface area contributed by atoms with Gasteiger partial charge in [0.25, 0.3) is 0 Å². The number of carboxylic acids is 1. The fourth-order valence-electron chi connectivity index (χ4n) is 1.83. The van der Waals surface area contributed by atoms with Crippen molar-refractivity contribution in [2.24, 2.45) is 5.92 Å². The predicted molar refractivity (Wildman–Crippen MR) is 77.0 cm³/mol. The Kier molecular flexibility index (Phi) is 5.71. The number of carbonyl (C=O) groups is 1. The third kappa shape index (κ3) is 4.31. The van der Waals surface area contributed by atoms with E-state index >= 15 is 0 Å². The second kappa shape index (κ2) is 6.85. The summed E-state index contributed by atoms with van der Waals surface area (Å²) in [4.78, 5) is 11.1. The van der Waals surface area contributed by atoms with Gasteiger partial charge in [-0.05, 0) is 30.0 Å². The molecule has 0 unspecified atom stereocenters. The third-order valence-corrected chi connectivity index (χ3v) is 4.44. The molecule has 112 valence electrons. The fourth-order valence-corrected chi connectivity index (χ4v) is 3.17. The maximum Gasteiger partial charge on any atom is 0.322 e. The molecule has 0 heterocycles. The Balaban J connectivity index is 2.95. The SMILES string of the molecule is CCCc1ccc(S(=O)(=O)N[C@H](C(=O)O)C(C)C)cc1. The van der Waals surface area contributed by atoms with Crippen LogP contribution in [0.3, 0.4) is 0 Å².